The molecule has 0 saturated carbocycles. The second-order valence-electron chi connectivity index (χ2n) is 7.77. The Morgan fingerprint density at radius 3 is 2.55 bits per heavy atom. The molecule has 152 valence electrons. The van der Waals surface area contributed by atoms with Crippen molar-refractivity contribution in [2.45, 2.75) is 26.3 Å². The van der Waals surface area contributed by atoms with Gasteiger partial charge in [-0.15, -0.1) is 0 Å². The van der Waals surface area contributed by atoms with Gasteiger partial charge in [-0.25, -0.2) is 5.21 Å². The van der Waals surface area contributed by atoms with Crippen LogP contribution < -0.4 is 9.96 Å². The summed E-state index contributed by atoms with van der Waals surface area (Å²) in [5, 5.41) is 29.4. The first-order chi connectivity index (χ1) is 13.9. The maximum atomic E-state index is 12.8. The van der Waals surface area contributed by atoms with E-state index in [-0.39, 0.29) is 23.0 Å². The molecule has 0 radical (unpaired) electrons. The van der Waals surface area contributed by atoms with Crippen LogP contribution in [0.3, 0.4) is 0 Å². The molecule has 1 unspecified atom stereocenters. The van der Waals surface area contributed by atoms with Gasteiger partial charge in [-0.1, -0.05) is 6.92 Å². The number of benzene rings is 2. The zero-order valence-electron chi connectivity index (χ0n) is 16.2. The lowest BCUT2D eigenvalue weighted by atomic mass is 9.98. The number of phenols is 1. The van der Waals surface area contributed by atoms with Crippen molar-refractivity contribution in [3.63, 3.8) is 0 Å². The van der Waals surface area contributed by atoms with Gasteiger partial charge in [-0.2, -0.15) is 5.23 Å². The topological polar surface area (TPSA) is 97.5 Å². The summed E-state index contributed by atoms with van der Waals surface area (Å²) in [5.41, 5.74) is 1.92. The molecule has 7 heteroatoms. The van der Waals surface area contributed by atoms with Gasteiger partial charge in [0.2, 0.25) is 5.78 Å². The minimum absolute atomic E-state index is 0.127. The maximum absolute atomic E-state index is 12.8. The van der Waals surface area contributed by atoms with Crippen molar-refractivity contribution in [2.24, 2.45) is 5.92 Å². The summed E-state index contributed by atoms with van der Waals surface area (Å²) in [4.78, 5) is 15.1. The van der Waals surface area contributed by atoms with Crippen LogP contribution in [0.2, 0.25) is 0 Å². The van der Waals surface area contributed by atoms with E-state index in [9.17, 15) is 15.1 Å². The first-order valence-electron chi connectivity index (χ1n) is 9.77. The minimum atomic E-state index is -1.00. The molecule has 2 aromatic rings. The van der Waals surface area contributed by atoms with Crippen molar-refractivity contribution in [1.29, 1.82) is 0 Å². The molecule has 0 bridgehead atoms. The lowest BCUT2D eigenvalue weighted by Crippen LogP contribution is -2.99. The van der Waals surface area contributed by atoms with E-state index >= 15 is 0 Å². The van der Waals surface area contributed by atoms with Crippen molar-refractivity contribution in [1.82, 2.24) is 4.90 Å². The minimum Gasteiger partial charge on any atom is -0.595 e. The summed E-state index contributed by atoms with van der Waals surface area (Å²) >= 11 is 0. The standard InChI is InChI=1S/C22H24N2O5/c1-14-8-10-23(11-9-14)13-18-19(25)7-6-17-21(26)20(29-22(17)18)12-15-2-4-16(5-3-15)24(27)28/h2-7,12,14,24-25,27H,8-11,13H2,1H3. The lowest BCUT2D eigenvalue weighted by Gasteiger charge is -2.30. The van der Waals surface area contributed by atoms with Crippen molar-refractivity contribution in [3.05, 3.63) is 64.1 Å². The van der Waals surface area contributed by atoms with Gasteiger partial charge in [0.15, 0.2) is 11.4 Å². The third kappa shape index (κ3) is 4.04. The number of ketones is 1. The number of allylic oxidation sites excluding steroid dienone is 1. The Balaban J connectivity index is 1.59. The molecule has 0 aromatic heterocycles. The van der Waals surface area contributed by atoms with Crippen LogP contribution in [0.1, 0.15) is 41.3 Å². The first-order valence-corrected chi connectivity index (χ1v) is 9.77. The summed E-state index contributed by atoms with van der Waals surface area (Å²) < 4.78 is 5.88. The van der Waals surface area contributed by atoms with Gasteiger partial charge in [0, 0.05) is 18.7 Å². The van der Waals surface area contributed by atoms with Gasteiger partial charge in [0.1, 0.15) is 11.5 Å². The van der Waals surface area contributed by atoms with Crippen molar-refractivity contribution >= 4 is 17.5 Å². The molecule has 3 N–H and O–H groups in total. The number of hydrogen-bond donors (Lipinski definition) is 3. The zero-order valence-corrected chi connectivity index (χ0v) is 16.2. The van der Waals surface area contributed by atoms with Gasteiger partial charge in [0.25, 0.3) is 0 Å². The number of Topliss-reactive ketones (excluding diaryl/α,β-unsaturated/α-hetero) is 1. The zero-order chi connectivity index (χ0) is 20.5. The third-order valence-electron chi connectivity index (χ3n) is 5.63. The molecular formula is C22H24N2O5. The molecule has 2 aliphatic heterocycles. The number of phenolic OH excluding ortho intramolecular Hbond substituents is 1. The highest BCUT2D eigenvalue weighted by molar-refractivity contribution is 6.15. The van der Waals surface area contributed by atoms with Gasteiger partial charge in [-0.3, -0.25) is 9.69 Å². The number of quaternary nitrogens is 1. The van der Waals surface area contributed by atoms with Crippen molar-refractivity contribution in [3.8, 4) is 11.5 Å². The average Bonchev–Trinajstić information content (AvgIpc) is 3.02. The molecular weight excluding hydrogens is 372 g/mol. The fraction of sp³-hybridized carbons (Fsp3) is 0.318. The van der Waals surface area contributed by atoms with E-state index in [2.05, 4.69) is 11.8 Å². The van der Waals surface area contributed by atoms with Crippen LogP contribution in [-0.4, -0.2) is 34.1 Å². The number of aromatic hydroxyl groups is 1. The number of rotatable bonds is 4. The third-order valence-corrected chi connectivity index (χ3v) is 5.63. The normalized spacial score (nSPS) is 20.0. The summed E-state index contributed by atoms with van der Waals surface area (Å²) in [6, 6.07) is 9.36. The number of piperidine rings is 1. The second-order valence-corrected chi connectivity index (χ2v) is 7.77. The molecule has 0 aliphatic carbocycles. The number of nitrogens with one attached hydrogen (secondary N) is 1. The predicted molar refractivity (Wildman–Crippen MR) is 107 cm³/mol. The molecule has 1 saturated heterocycles. The molecule has 2 aliphatic rings. The molecule has 0 spiro atoms. The first kappa shape index (κ1) is 19.6. The fourth-order valence-electron chi connectivity index (χ4n) is 3.77. The van der Waals surface area contributed by atoms with Crippen molar-refractivity contribution in [2.75, 3.05) is 13.1 Å². The van der Waals surface area contributed by atoms with Crippen molar-refractivity contribution < 1.29 is 25.1 Å². The molecule has 7 nitrogen and oxygen atoms in total. The molecule has 1 fully saturated rings. The molecule has 29 heavy (non-hydrogen) atoms. The van der Waals surface area contributed by atoms with E-state index < -0.39 is 5.23 Å². The summed E-state index contributed by atoms with van der Waals surface area (Å²) in [5.74, 6) is 1.18. The van der Waals surface area contributed by atoms with Crippen LogP contribution in [0.15, 0.2) is 42.2 Å². The second kappa shape index (κ2) is 7.96. The van der Waals surface area contributed by atoms with Gasteiger partial charge < -0.3 is 15.1 Å². The predicted octanol–water partition coefficient (Wildman–Crippen LogP) is 2.64. The van der Waals surface area contributed by atoms with Crippen LogP contribution in [0.25, 0.3) is 6.08 Å². The number of ether oxygens (including phenoxy) is 1. The summed E-state index contributed by atoms with van der Waals surface area (Å²) in [6.45, 7) is 4.69. The molecule has 1 atom stereocenters. The largest absolute Gasteiger partial charge is 0.595 e. The van der Waals surface area contributed by atoms with E-state index in [0.29, 0.717) is 34.9 Å². The number of fused-ring (bicyclic) bond motifs is 1. The molecule has 4 rings (SSSR count). The Morgan fingerprint density at radius 2 is 1.90 bits per heavy atom. The van der Waals surface area contributed by atoms with Crippen LogP contribution in [0.5, 0.6) is 11.5 Å². The van der Waals surface area contributed by atoms with E-state index in [4.69, 9.17) is 9.94 Å². The number of likely N-dealkylation sites (tertiary alicyclic amines) is 1. The molecule has 2 aromatic carbocycles. The monoisotopic (exact) mass is 396 g/mol. The number of carbonyl (C=O) groups excluding carboxylic acids is 1. The van der Waals surface area contributed by atoms with E-state index in [1.54, 1.807) is 30.3 Å². The van der Waals surface area contributed by atoms with E-state index in [0.717, 1.165) is 25.9 Å². The SMILES string of the molecule is CC1CCN(Cc2c(O)ccc3c2OC(=Cc2ccc([NH+]([O-])O)cc2)C3=O)CC1. The summed E-state index contributed by atoms with van der Waals surface area (Å²) in [7, 11) is 0. The van der Waals surface area contributed by atoms with Gasteiger partial charge in [-0.05, 0) is 67.8 Å². The number of carbonyl (C=O) groups is 1. The van der Waals surface area contributed by atoms with Crippen LogP contribution in [0, 0.1) is 11.1 Å². The van der Waals surface area contributed by atoms with Crippen LogP contribution in [-0.2, 0) is 6.54 Å². The Hall–Kier alpha value is -2.71. The Morgan fingerprint density at radius 1 is 1.21 bits per heavy atom. The smallest absolute Gasteiger partial charge is 0.231 e. The summed E-state index contributed by atoms with van der Waals surface area (Å²) in [6.07, 6.45) is 3.83. The Labute approximate surface area is 169 Å². The molecule has 0 amide bonds. The van der Waals surface area contributed by atoms with Gasteiger partial charge >= 0.3 is 0 Å². The van der Waals surface area contributed by atoms with E-state index in [1.165, 1.54) is 12.1 Å². The highest BCUT2D eigenvalue weighted by Gasteiger charge is 2.32. The fourth-order valence-corrected chi connectivity index (χ4v) is 3.77. The average molecular weight is 396 g/mol. The van der Waals surface area contributed by atoms with E-state index in [1.807, 2.05) is 0 Å². The highest BCUT2D eigenvalue weighted by Crippen LogP contribution is 2.40. The Bertz CT molecular complexity index is 944. The number of nitrogens with zero attached hydrogens (tertiary/aromatic N) is 1. The lowest BCUT2D eigenvalue weighted by molar-refractivity contribution is -0.991. The quantitative estimate of drug-likeness (QED) is 0.543. The maximum Gasteiger partial charge on any atom is 0.231 e. The van der Waals surface area contributed by atoms with Gasteiger partial charge in [0.05, 0.1) is 11.1 Å². The van der Waals surface area contributed by atoms with Crippen LogP contribution >= 0.6 is 0 Å². The Kier molecular flexibility index (Phi) is 5.38. The molecule has 2 heterocycles. The highest BCUT2D eigenvalue weighted by atomic mass is 16.8. The number of hydrogen-bond acceptors (Lipinski definition) is 6. The van der Waals surface area contributed by atoms with Crippen LogP contribution in [0.4, 0.5) is 5.69 Å².